The van der Waals surface area contributed by atoms with Gasteiger partial charge in [0.15, 0.2) is 5.82 Å². The summed E-state index contributed by atoms with van der Waals surface area (Å²) in [5.41, 5.74) is 2.41. The molecular weight excluding hydrogens is 420 g/mol. The van der Waals surface area contributed by atoms with Crippen LogP contribution in [-0.4, -0.2) is 50.5 Å². The summed E-state index contributed by atoms with van der Waals surface area (Å²) in [6, 6.07) is 17.0. The Morgan fingerprint density at radius 3 is 2.18 bits per heavy atom. The van der Waals surface area contributed by atoms with Crippen molar-refractivity contribution in [2.45, 2.75) is 12.8 Å². The second kappa shape index (κ2) is 10.2. The Kier molecular flexibility index (Phi) is 6.92. The van der Waals surface area contributed by atoms with Gasteiger partial charge in [-0.25, -0.2) is 0 Å². The minimum Gasteiger partial charge on any atom is -0.497 e. The molecule has 0 spiro atoms. The number of carbonyl (C=O) groups excluding carboxylic acids is 1. The van der Waals surface area contributed by atoms with Gasteiger partial charge in [0.05, 0.1) is 32.7 Å². The zero-order chi connectivity index (χ0) is 23.2. The van der Waals surface area contributed by atoms with E-state index in [1.165, 1.54) is 0 Å². The fraction of sp³-hybridized carbons (Fsp3) is 0.320. The van der Waals surface area contributed by atoms with Crippen molar-refractivity contribution in [2.24, 2.45) is 5.92 Å². The second-order valence-corrected chi connectivity index (χ2v) is 7.82. The maximum atomic E-state index is 12.9. The van der Waals surface area contributed by atoms with E-state index in [4.69, 9.17) is 14.2 Å². The third-order valence-electron chi connectivity index (χ3n) is 5.89. The van der Waals surface area contributed by atoms with Gasteiger partial charge in [-0.15, -0.1) is 10.2 Å². The van der Waals surface area contributed by atoms with Crippen molar-refractivity contribution < 1.29 is 19.0 Å². The van der Waals surface area contributed by atoms with Crippen molar-refractivity contribution in [3.8, 4) is 28.5 Å². The van der Waals surface area contributed by atoms with Crippen LogP contribution < -0.4 is 24.4 Å². The number of nitrogens with zero attached hydrogens (tertiary/aromatic N) is 3. The fourth-order valence-electron chi connectivity index (χ4n) is 3.93. The molecule has 33 heavy (non-hydrogen) atoms. The highest BCUT2D eigenvalue weighted by Gasteiger charge is 2.26. The summed E-state index contributed by atoms with van der Waals surface area (Å²) in [4.78, 5) is 15.0. The predicted octanol–water partition coefficient (Wildman–Crippen LogP) is 4.02. The molecule has 0 saturated carbocycles. The number of ether oxygens (including phenoxy) is 3. The summed E-state index contributed by atoms with van der Waals surface area (Å²) in [5.74, 6) is 2.80. The molecule has 0 atom stereocenters. The number of carbonyl (C=O) groups is 1. The van der Waals surface area contributed by atoms with Crippen LogP contribution in [0.5, 0.6) is 17.2 Å². The molecule has 8 heteroatoms. The number of aromatic nitrogens is 2. The first-order valence-electron chi connectivity index (χ1n) is 10.9. The van der Waals surface area contributed by atoms with Gasteiger partial charge < -0.3 is 24.4 Å². The van der Waals surface area contributed by atoms with E-state index in [0.717, 1.165) is 48.8 Å². The SMILES string of the molecule is COc1ccc(-c2ccc(N3CCC(C(=O)Nc4cc(OC)ccc4OC)CC3)nn2)cc1. The fourth-order valence-corrected chi connectivity index (χ4v) is 3.93. The first-order valence-corrected chi connectivity index (χ1v) is 10.9. The summed E-state index contributed by atoms with van der Waals surface area (Å²) in [6.07, 6.45) is 1.47. The number of rotatable bonds is 7. The molecule has 2 heterocycles. The number of benzene rings is 2. The molecular formula is C25H28N4O4. The molecule has 0 bridgehead atoms. The van der Waals surface area contributed by atoms with Crippen molar-refractivity contribution in [1.82, 2.24) is 10.2 Å². The van der Waals surface area contributed by atoms with Gasteiger partial charge in [0.2, 0.25) is 5.91 Å². The monoisotopic (exact) mass is 448 g/mol. The van der Waals surface area contributed by atoms with Gasteiger partial charge in [-0.3, -0.25) is 4.79 Å². The maximum absolute atomic E-state index is 12.9. The largest absolute Gasteiger partial charge is 0.497 e. The Balaban J connectivity index is 1.35. The van der Waals surface area contributed by atoms with E-state index in [-0.39, 0.29) is 11.8 Å². The quantitative estimate of drug-likeness (QED) is 0.584. The van der Waals surface area contributed by atoms with Gasteiger partial charge in [-0.1, -0.05) is 0 Å². The molecule has 1 N–H and O–H groups in total. The zero-order valence-electron chi connectivity index (χ0n) is 19.1. The lowest BCUT2D eigenvalue weighted by atomic mass is 9.95. The lowest BCUT2D eigenvalue weighted by molar-refractivity contribution is -0.120. The smallest absolute Gasteiger partial charge is 0.227 e. The molecule has 1 aliphatic heterocycles. The normalized spacial score (nSPS) is 14.0. The van der Waals surface area contributed by atoms with E-state index in [1.54, 1.807) is 39.5 Å². The van der Waals surface area contributed by atoms with Crippen molar-refractivity contribution >= 4 is 17.4 Å². The van der Waals surface area contributed by atoms with Crippen molar-refractivity contribution in [2.75, 3.05) is 44.6 Å². The number of hydrogen-bond donors (Lipinski definition) is 1. The minimum absolute atomic E-state index is 0.0119. The molecule has 0 aliphatic carbocycles. The molecule has 1 amide bonds. The Morgan fingerprint density at radius 1 is 0.879 bits per heavy atom. The summed E-state index contributed by atoms with van der Waals surface area (Å²) in [6.45, 7) is 1.48. The van der Waals surface area contributed by atoms with Crippen molar-refractivity contribution in [1.29, 1.82) is 0 Å². The van der Waals surface area contributed by atoms with Crippen LogP contribution in [0.4, 0.5) is 11.5 Å². The molecule has 1 saturated heterocycles. The maximum Gasteiger partial charge on any atom is 0.227 e. The molecule has 4 rings (SSSR count). The van der Waals surface area contributed by atoms with Gasteiger partial charge in [0.25, 0.3) is 0 Å². The van der Waals surface area contributed by atoms with Crippen molar-refractivity contribution in [3.63, 3.8) is 0 Å². The summed E-state index contributed by atoms with van der Waals surface area (Å²) >= 11 is 0. The van der Waals surface area contributed by atoms with E-state index in [1.807, 2.05) is 36.4 Å². The Labute approximate surface area is 193 Å². The van der Waals surface area contributed by atoms with Gasteiger partial charge >= 0.3 is 0 Å². The molecule has 0 unspecified atom stereocenters. The van der Waals surface area contributed by atoms with E-state index in [0.29, 0.717) is 17.2 Å². The molecule has 3 aromatic rings. The third-order valence-corrected chi connectivity index (χ3v) is 5.89. The van der Waals surface area contributed by atoms with E-state index in [2.05, 4.69) is 20.4 Å². The molecule has 8 nitrogen and oxygen atoms in total. The average molecular weight is 449 g/mol. The number of amides is 1. The number of methoxy groups -OCH3 is 3. The van der Waals surface area contributed by atoms with Gasteiger partial charge in [-0.05, 0) is 61.4 Å². The van der Waals surface area contributed by atoms with Crippen LogP contribution in [0.2, 0.25) is 0 Å². The van der Waals surface area contributed by atoms with Gasteiger partial charge in [0.1, 0.15) is 17.2 Å². The molecule has 1 fully saturated rings. The highest BCUT2D eigenvalue weighted by molar-refractivity contribution is 5.94. The van der Waals surface area contributed by atoms with E-state index < -0.39 is 0 Å². The predicted molar refractivity (Wildman–Crippen MR) is 127 cm³/mol. The highest BCUT2D eigenvalue weighted by Crippen LogP contribution is 2.31. The highest BCUT2D eigenvalue weighted by atomic mass is 16.5. The number of nitrogens with one attached hydrogen (secondary N) is 1. The topological polar surface area (TPSA) is 85.8 Å². The van der Waals surface area contributed by atoms with Crippen LogP contribution in [0.1, 0.15) is 12.8 Å². The molecule has 1 aliphatic rings. The van der Waals surface area contributed by atoms with E-state index >= 15 is 0 Å². The summed E-state index contributed by atoms with van der Waals surface area (Å²) in [7, 11) is 4.82. The number of anilines is 2. The average Bonchev–Trinajstić information content (AvgIpc) is 2.89. The lowest BCUT2D eigenvalue weighted by Crippen LogP contribution is -2.38. The van der Waals surface area contributed by atoms with Crippen LogP contribution in [0.15, 0.2) is 54.6 Å². The van der Waals surface area contributed by atoms with Crippen LogP contribution in [0.3, 0.4) is 0 Å². The Bertz CT molecular complexity index is 1080. The second-order valence-electron chi connectivity index (χ2n) is 7.82. The third kappa shape index (κ3) is 5.16. The molecule has 2 aromatic carbocycles. The van der Waals surface area contributed by atoms with Crippen LogP contribution in [0, 0.1) is 5.92 Å². The summed E-state index contributed by atoms with van der Waals surface area (Å²) < 4.78 is 15.8. The van der Waals surface area contributed by atoms with Crippen LogP contribution in [0.25, 0.3) is 11.3 Å². The standard InChI is InChI=1S/C25H28N4O4/c1-31-19-6-4-17(5-7-19)21-9-11-24(28-27-21)29-14-12-18(13-15-29)25(30)26-22-16-20(32-2)8-10-23(22)33-3/h4-11,16,18H,12-15H2,1-3H3,(H,26,30). The van der Waals surface area contributed by atoms with Crippen LogP contribution >= 0.6 is 0 Å². The number of piperidine rings is 1. The van der Waals surface area contributed by atoms with Gasteiger partial charge in [-0.2, -0.15) is 0 Å². The number of hydrogen-bond acceptors (Lipinski definition) is 7. The lowest BCUT2D eigenvalue weighted by Gasteiger charge is -2.32. The van der Waals surface area contributed by atoms with E-state index in [9.17, 15) is 4.79 Å². The van der Waals surface area contributed by atoms with Crippen molar-refractivity contribution in [3.05, 3.63) is 54.6 Å². The van der Waals surface area contributed by atoms with Crippen LogP contribution in [-0.2, 0) is 4.79 Å². The first kappa shape index (κ1) is 22.4. The summed E-state index contributed by atoms with van der Waals surface area (Å²) in [5, 5.41) is 11.8. The molecule has 172 valence electrons. The Hall–Kier alpha value is -3.81. The Morgan fingerprint density at radius 2 is 1.58 bits per heavy atom. The molecule has 1 aromatic heterocycles. The zero-order valence-corrected chi connectivity index (χ0v) is 19.1. The minimum atomic E-state index is -0.0799. The first-order chi connectivity index (χ1) is 16.1. The van der Waals surface area contributed by atoms with Gasteiger partial charge in [0, 0.05) is 30.6 Å². The molecule has 0 radical (unpaired) electrons.